The summed E-state index contributed by atoms with van der Waals surface area (Å²) in [6, 6.07) is 16.5. The summed E-state index contributed by atoms with van der Waals surface area (Å²) < 4.78 is 1.94. The zero-order chi connectivity index (χ0) is 17.6. The number of para-hydroxylation sites is 1. The van der Waals surface area contributed by atoms with Crippen LogP contribution in [-0.2, 0) is 11.3 Å². The lowest BCUT2D eigenvalue weighted by molar-refractivity contribution is -0.129. The lowest BCUT2D eigenvalue weighted by Crippen LogP contribution is -2.25. The maximum absolute atomic E-state index is 12.0. The third kappa shape index (κ3) is 3.60. The van der Waals surface area contributed by atoms with Gasteiger partial charge in [-0.25, -0.2) is 5.43 Å². The fourth-order valence-electron chi connectivity index (χ4n) is 2.62. The van der Waals surface area contributed by atoms with Gasteiger partial charge < -0.3 is 9.67 Å². The van der Waals surface area contributed by atoms with Gasteiger partial charge >= 0.3 is 0 Å². The van der Waals surface area contributed by atoms with Crippen molar-refractivity contribution in [2.45, 2.75) is 12.6 Å². The molecule has 25 heavy (non-hydrogen) atoms. The van der Waals surface area contributed by atoms with E-state index in [1.54, 1.807) is 30.5 Å². The SMILES string of the molecule is C#CCn1cc(/C=N\NC(=O)[C@H](O)c2ccccc2)c2ccccc21. The van der Waals surface area contributed by atoms with Gasteiger partial charge in [-0.15, -0.1) is 6.42 Å². The highest BCUT2D eigenvalue weighted by molar-refractivity contribution is 5.99. The highest BCUT2D eigenvalue weighted by Gasteiger charge is 2.16. The molecule has 0 bridgehead atoms. The van der Waals surface area contributed by atoms with E-state index in [-0.39, 0.29) is 0 Å². The van der Waals surface area contributed by atoms with Crippen LogP contribution in [0.2, 0.25) is 0 Å². The van der Waals surface area contributed by atoms with Crippen molar-refractivity contribution in [1.29, 1.82) is 0 Å². The summed E-state index contributed by atoms with van der Waals surface area (Å²) >= 11 is 0. The molecule has 0 saturated carbocycles. The Balaban J connectivity index is 1.75. The third-order valence-electron chi connectivity index (χ3n) is 3.82. The first kappa shape index (κ1) is 16.5. The van der Waals surface area contributed by atoms with Gasteiger partial charge in [-0.05, 0) is 11.6 Å². The van der Waals surface area contributed by atoms with Crippen LogP contribution < -0.4 is 5.43 Å². The van der Waals surface area contributed by atoms with Crippen molar-refractivity contribution < 1.29 is 9.90 Å². The monoisotopic (exact) mass is 331 g/mol. The Morgan fingerprint density at radius 2 is 1.96 bits per heavy atom. The van der Waals surface area contributed by atoms with Gasteiger partial charge in [0.25, 0.3) is 5.91 Å². The molecule has 5 heteroatoms. The molecule has 2 N–H and O–H groups in total. The van der Waals surface area contributed by atoms with Gasteiger partial charge in [0, 0.05) is 22.7 Å². The molecule has 1 atom stereocenters. The number of aliphatic hydroxyl groups excluding tert-OH is 1. The van der Waals surface area contributed by atoms with E-state index in [4.69, 9.17) is 6.42 Å². The Hall–Kier alpha value is -3.36. The number of hydrogen-bond acceptors (Lipinski definition) is 3. The molecule has 0 saturated heterocycles. The number of terminal acetylenes is 1. The molecule has 0 unspecified atom stereocenters. The van der Waals surface area contributed by atoms with Crippen molar-refractivity contribution in [3.05, 3.63) is 71.9 Å². The quantitative estimate of drug-likeness (QED) is 0.428. The fourth-order valence-corrected chi connectivity index (χ4v) is 2.62. The molecule has 3 aromatic rings. The highest BCUT2D eigenvalue weighted by atomic mass is 16.3. The molecule has 0 aliphatic carbocycles. The Bertz CT molecular complexity index is 952. The number of fused-ring (bicyclic) bond motifs is 1. The molecule has 0 aliphatic heterocycles. The van der Waals surface area contributed by atoms with E-state index in [9.17, 15) is 9.90 Å². The predicted octanol–water partition coefficient (Wildman–Crippen LogP) is 2.46. The first-order valence-corrected chi connectivity index (χ1v) is 7.78. The van der Waals surface area contributed by atoms with Crippen molar-refractivity contribution in [3.8, 4) is 12.3 Å². The number of aromatic nitrogens is 1. The maximum Gasteiger partial charge on any atom is 0.273 e. The first-order valence-electron chi connectivity index (χ1n) is 7.78. The number of carbonyl (C=O) groups is 1. The minimum atomic E-state index is -1.26. The number of amides is 1. The van der Waals surface area contributed by atoms with Gasteiger partial charge in [-0.3, -0.25) is 4.79 Å². The van der Waals surface area contributed by atoms with Gasteiger partial charge in [0.05, 0.1) is 12.8 Å². The second kappa shape index (κ2) is 7.47. The van der Waals surface area contributed by atoms with Gasteiger partial charge in [0.2, 0.25) is 0 Å². The zero-order valence-electron chi connectivity index (χ0n) is 13.5. The second-order valence-corrected chi connectivity index (χ2v) is 5.48. The van der Waals surface area contributed by atoms with Crippen LogP contribution in [0.5, 0.6) is 0 Å². The largest absolute Gasteiger partial charge is 0.378 e. The van der Waals surface area contributed by atoms with E-state index in [0.717, 1.165) is 16.5 Å². The summed E-state index contributed by atoms with van der Waals surface area (Å²) in [6.07, 6.45) is 7.57. The average Bonchev–Trinajstić information content (AvgIpc) is 3.00. The van der Waals surface area contributed by atoms with Crippen LogP contribution in [0.25, 0.3) is 10.9 Å². The second-order valence-electron chi connectivity index (χ2n) is 5.48. The maximum atomic E-state index is 12.0. The molecule has 1 amide bonds. The van der Waals surface area contributed by atoms with E-state index in [1.807, 2.05) is 41.1 Å². The number of hydrazone groups is 1. The summed E-state index contributed by atoms with van der Waals surface area (Å²) in [5.41, 5.74) is 4.71. The molecule has 1 heterocycles. The van der Waals surface area contributed by atoms with Crippen molar-refractivity contribution in [3.63, 3.8) is 0 Å². The first-order chi connectivity index (χ1) is 12.2. The normalized spacial score (nSPS) is 12.2. The fraction of sp³-hybridized carbons (Fsp3) is 0.100. The molecule has 2 aromatic carbocycles. The molecule has 0 radical (unpaired) electrons. The number of hydrogen-bond donors (Lipinski definition) is 2. The summed E-state index contributed by atoms with van der Waals surface area (Å²) in [4.78, 5) is 12.0. The number of benzene rings is 2. The van der Waals surface area contributed by atoms with Crippen LogP contribution in [0.15, 0.2) is 65.9 Å². The van der Waals surface area contributed by atoms with Crippen molar-refractivity contribution in [2.75, 3.05) is 0 Å². The van der Waals surface area contributed by atoms with Gasteiger partial charge in [0.1, 0.15) is 0 Å². The predicted molar refractivity (Wildman–Crippen MR) is 97.9 cm³/mol. The smallest absolute Gasteiger partial charge is 0.273 e. The average molecular weight is 331 g/mol. The van der Waals surface area contributed by atoms with Gasteiger partial charge in [-0.1, -0.05) is 54.5 Å². The minimum Gasteiger partial charge on any atom is -0.378 e. The van der Waals surface area contributed by atoms with E-state index in [2.05, 4.69) is 16.4 Å². The van der Waals surface area contributed by atoms with Crippen molar-refractivity contribution in [2.24, 2.45) is 5.10 Å². The highest BCUT2D eigenvalue weighted by Crippen LogP contribution is 2.19. The van der Waals surface area contributed by atoms with Crippen LogP contribution in [0.3, 0.4) is 0 Å². The molecular formula is C20H17N3O2. The van der Waals surface area contributed by atoms with Crippen LogP contribution in [0.1, 0.15) is 17.2 Å². The molecule has 124 valence electrons. The minimum absolute atomic E-state index is 0.452. The summed E-state index contributed by atoms with van der Waals surface area (Å²) in [6.45, 7) is 0.452. The summed E-state index contributed by atoms with van der Waals surface area (Å²) in [5, 5.41) is 15.0. The molecule has 0 fully saturated rings. The Kier molecular flexibility index (Phi) is 4.93. The molecule has 0 spiro atoms. The van der Waals surface area contributed by atoms with E-state index >= 15 is 0 Å². The van der Waals surface area contributed by atoms with Gasteiger partial charge in [-0.2, -0.15) is 5.10 Å². The Morgan fingerprint density at radius 1 is 1.24 bits per heavy atom. The van der Waals surface area contributed by atoms with Crippen LogP contribution in [-0.4, -0.2) is 21.8 Å². The standard InChI is InChI=1S/C20H17N3O2/c1-2-12-23-14-16(17-10-6-7-11-18(17)23)13-21-22-20(25)19(24)15-8-4-3-5-9-15/h1,3-11,13-14,19,24H,12H2,(H,22,25)/b21-13-/t19-/m1/s1. The summed E-state index contributed by atoms with van der Waals surface area (Å²) in [7, 11) is 0. The van der Waals surface area contributed by atoms with Crippen molar-refractivity contribution in [1.82, 2.24) is 9.99 Å². The Labute approximate surface area is 145 Å². The lowest BCUT2D eigenvalue weighted by atomic mass is 10.1. The van der Waals surface area contributed by atoms with E-state index < -0.39 is 12.0 Å². The topological polar surface area (TPSA) is 66.6 Å². The molecule has 5 nitrogen and oxygen atoms in total. The van der Waals surface area contributed by atoms with Gasteiger partial charge in [0.15, 0.2) is 6.10 Å². The molecule has 0 aliphatic rings. The van der Waals surface area contributed by atoms with Crippen LogP contribution >= 0.6 is 0 Å². The number of rotatable bonds is 5. The van der Waals surface area contributed by atoms with Crippen molar-refractivity contribution >= 4 is 23.0 Å². The number of nitrogens with one attached hydrogen (secondary N) is 1. The third-order valence-corrected chi connectivity index (χ3v) is 3.82. The van der Waals surface area contributed by atoms with Crippen LogP contribution in [0, 0.1) is 12.3 Å². The molecular weight excluding hydrogens is 314 g/mol. The van der Waals surface area contributed by atoms with E-state index in [0.29, 0.717) is 12.1 Å². The number of aliphatic hydroxyl groups is 1. The van der Waals surface area contributed by atoms with Crippen LogP contribution in [0.4, 0.5) is 0 Å². The number of carbonyl (C=O) groups excluding carboxylic acids is 1. The van der Waals surface area contributed by atoms with E-state index in [1.165, 1.54) is 0 Å². The molecule has 3 rings (SSSR count). The zero-order valence-corrected chi connectivity index (χ0v) is 13.5. The molecule has 1 aromatic heterocycles. The lowest BCUT2D eigenvalue weighted by Gasteiger charge is -2.08. The summed E-state index contributed by atoms with van der Waals surface area (Å²) in [5.74, 6) is 2.02. The Morgan fingerprint density at radius 3 is 2.72 bits per heavy atom. The number of nitrogens with zero attached hydrogens (tertiary/aromatic N) is 2.